The number of fused-ring (bicyclic) bond motifs is 1. The normalized spacial score (nSPS) is 18.4. The van der Waals surface area contributed by atoms with Crippen molar-refractivity contribution in [3.8, 4) is 17.6 Å². The lowest BCUT2D eigenvalue weighted by Gasteiger charge is -2.37. The van der Waals surface area contributed by atoms with Gasteiger partial charge >= 0.3 is 0 Å². The first-order valence-corrected chi connectivity index (χ1v) is 12.0. The molecule has 0 radical (unpaired) electrons. The molecule has 188 valence electrons. The van der Waals surface area contributed by atoms with Crippen LogP contribution < -0.4 is 19.7 Å². The fourth-order valence-corrected chi connectivity index (χ4v) is 4.49. The Morgan fingerprint density at radius 3 is 2.42 bits per heavy atom. The maximum absolute atomic E-state index is 13.2. The predicted molar refractivity (Wildman–Crippen MR) is 136 cm³/mol. The highest BCUT2D eigenvalue weighted by Gasteiger charge is 2.31. The number of benzene rings is 2. The van der Waals surface area contributed by atoms with Crippen molar-refractivity contribution >= 4 is 22.8 Å². The number of methoxy groups -OCH3 is 2. The van der Waals surface area contributed by atoms with Crippen molar-refractivity contribution in [2.45, 2.75) is 38.4 Å². The van der Waals surface area contributed by atoms with Crippen LogP contribution in [0.3, 0.4) is 0 Å². The number of rotatable bonds is 8. The van der Waals surface area contributed by atoms with Gasteiger partial charge in [0.05, 0.1) is 43.5 Å². The Hall–Kier alpha value is -3.90. The minimum Gasteiger partial charge on any atom is -0.493 e. The molecule has 1 fully saturated rings. The summed E-state index contributed by atoms with van der Waals surface area (Å²) in [5, 5.41) is 12.9. The maximum atomic E-state index is 13.2. The molecule has 3 atom stereocenters. The fourth-order valence-electron chi connectivity index (χ4n) is 4.49. The van der Waals surface area contributed by atoms with E-state index in [1.807, 2.05) is 56.3 Å². The first-order valence-electron chi connectivity index (χ1n) is 12.0. The minimum absolute atomic E-state index is 0.00859. The number of carbonyl (C=O) groups is 1. The average molecular weight is 490 g/mol. The van der Waals surface area contributed by atoms with E-state index in [1.165, 1.54) is 0 Å². The van der Waals surface area contributed by atoms with E-state index in [9.17, 15) is 10.1 Å². The molecule has 0 aliphatic carbocycles. The van der Waals surface area contributed by atoms with Crippen LogP contribution in [-0.2, 0) is 16.0 Å². The summed E-state index contributed by atoms with van der Waals surface area (Å²) in [4.78, 5) is 24.8. The molecule has 0 saturated carbocycles. The van der Waals surface area contributed by atoms with E-state index in [0.717, 1.165) is 5.56 Å². The Labute approximate surface area is 211 Å². The topological polar surface area (TPSA) is 110 Å². The quantitative estimate of drug-likeness (QED) is 0.514. The van der Waals surface area contributed by atoms with Crippen LogP contribution in [0.25, 0.3) is 11.0 Å². The summed E-state index contributed by atoms with van der Waals surface area (Å²) in [7, 11) is 3.17. The van der Waals surface area contributed by atoms with Gasteiger partial charge in [0.15, 0.2) is 23.2 Å². The highest BCUT2D eigenvalue weighted by atomic mass is 16.5. The molecular weight excluding hydrogens is 458 g/mol. The number of hydrogen-bond acceptors (Lipinski definition) is 8. The van der Waals surface area contributed by atoms with E-state index in [1.54, 1.807) is 14.2 Å². The maximum Gasteiger partial charge on any atom is 0.243 e. The summed E-state index contributed by atoms with van der Waals surface area (Å²) in [5.41, 5.74) is 2.70. The van der Waals surface area contributed by atoms with Crippen LogP contribution in [0.1, 0.15) is 31.0 Å². The SMILES string of the molecule is COc1ccc(CCNC(=O)C(C#N)c2nc3ccccc3nc2N2CC(C)OC(C)C2)cc1OC. The van der Waals surface area contributed by atoms with Gasteiger partial charge in [0, 0.05) is 19.6 Å². The molecule has 3 unspecified atom stereocenters. The Balaban J connectivity index is 1.56. The fraction of sp³-hybridized carbons (Fsp3) is 0.407. The summed E-state index contributed by atoms with van der Waals surface area (Å²) >= 11 is 0. The number of hydrogen-bond donors (Lipinski definition) is 1. The van der Waals surface area contributed by atoms with E-state index in [0.29, 0.717) is 60.1 Å². The number of ether oxygens (including phenoxy) is 3. The molecule has 3 aromatic rings. The van der Waals surface area contributed by atoms with E-state index < -0.39 is 11.8 Å². The Morgan fingerprint density at radius 2 is 1.78 bits per heavy atom. The molecule has 1 amide bonds. The lowest BCUT2D eigenvalue weighted by atomic mass is 10.0. The van der Waals surface area contributed by atoms with Gasteiger partial charge in [-0.15, -0.1) is 0 Å². The zero-order valence-corrected chi connectivity index (χ0v) is 21.0. The molecule has 9 nitrogen and oxygen atoms in total. The molecule has 1 aliphatic rings. The molecule has 4 rings (SSSR count). The monoisotopic (exact) mass is 489 g/mol. The zero-order valence-electron chi connectivity index (χ0n) is 21.0. The molecular formula is C27H31N5O4. The van der Waals surface area contributed by atoms with Gasteiger partial charge in [0.2, 0.25) is 5.91 Å². The van der Waals surface area contributed by atoms with Crippen molar-refractivity contribution < 1.29 is 19.0 Å². The van der Waals surface area contributed by atoms with Crippen molar-refractivity contribution in [2.75, 3.05) is 38.8 Å². The van der Waals surface area contributed by atoms with Gasteiger partial charge in [-0.2, -0.15) is 5.26 Å². The van der Waals surface area contributed by atoms with Crippen molar-refractivity contribution in [1.82, 2.24) is 15.3 Å². The highest BCUT2D eigenvalue weighted by molar-refractivity contribution is 5.88. The third kappa shape index (κ3) is 5.50. The molecule has 1 aromatic heterocycles. The number of nitriles is 1. The van der Waals surface area contributed by atoms with Crippen LogP contribution in [0.4, 0.5) is 5.82 Å². The lowest BCUT2D eigenvalue weighted by Crippen LogP contribution is -2.46. The number of morpholine rings is 1. The van der Waals surface area contributed by atoms with E-state index >= 15 is 0 Å². The molecule has 2 heterocycles. The van der Waals surface area contributed by atoms with Crippen LogP contribution in [0.5, 0.6) is 11.5 Å². The largest absolute Gasteiger partial charge is 0.493 e. The number of aromatic nitrogens is 2. The third-order valence-corrected chi connectivity index (χ3v) is 6.12. The molecule has 36 heavy (non-hydrogen) atoms. The van der Waals surface area contributed by atoms with Crippen molar-refractivity contribution in [3.05, 3.63) is 53.7 Å². The van der Waals surface area contributed by atoms with E-state index in [4.69, 9.17) is 24.2 Å². The van der Waals surface area contributed by atoms with Crippen LogP contribution in [-0.4, -0.2) is 61.9 Å². The van der Waals surface area contributed by atoms with E-state index in [-0.39, 0.29) is 12.2 Å². The second-order valence-electron chi connectivity index (χ2n) is 8.88. The minimum atomic E-state index is -1.10. The summed E-state index contributed by atoms with van der Waals surface area (Å²) in [6.45, 7) is 5.56. The average Bonchev–Trinajstić information content (AvgIpc) is 2.88. The van der Waals surface area contributed by atoms with Crippen molar-refractivity contribution in [3.63, 3.8) is 0 Å². The first kappa shape index (κ1) is 25.2. The first-order chi connectivity index (χ1) is 17.4. The second kappa shape index (κ2) is 11.2. The van der Waals surface area contributed by atoms with Crippen molar-refractivity contribution in [2.24, 2.45) is 0 Å². The van der Waals surface area contributed by atoms with Gasteiger partial charge in [-0.25, -0.2) is 9.97 Å². The number of nitrogens with one attached hydrogen (secondary N) is 1. The molecule has 1 aliphatic heterocycles. The molecule has 0 bridgehead atoms. The number of carbonyl (C=O) groups excluding carboxylic acids is 1. The van der Waals surface area contributed by atoms with Gasteiger partial charge in [-0.1, -0.05) is 18.2 Å². The Kier molecular flexibility index (Phi) is 7.86. The summed E-state index contributed by atoms with van der Waals surface area (Å²) < 4.78 is 16.5. The molecule has 1 N–H and O–H groups in total. The molecule has 1 saturated heterocycles. The van der Waals surface area contributed by atoms with Crippen LogP contribution in [0, 0.1) is 11.3 Å². The Morgan fingerprint density at radius 1 is 1.11 bits per heavy atom. The highest BCUT2D eigenvalue weighted by Crippen LogP contribution is 2.30. The number of amides is 1. The molecule has 0 spiro atoms. The van der Waals surface area contributed by atoms with E-state index in [2.05, 4.69) is 16.3 Å². The predicted octanol–water partition coefficient (Wildman–Crippen LogP) is 3.23. The second-order valence-corrected chi connectivity index (χ2v) is 8.88. The number of para-hydroxylation sites is 2. The lowest BCUT2D eigenvalue weighted by molar-refractivity contribution is -0.121. The standard InChI is InChI=1S/C27H31N5O4/c1-17-15-32(16-18(2)36-17)26-25(30-21-7-5-6-8-22(21)31-26)20(14-28)27(33)29-12-11-19-9-10-23(34-3)24(13-19)35-4/h5-10,13,17-18,20H,11-12,15-16H2,1-4H3,(H,29,33). The smallest absolute Gasteiger partial charge is 0.243 e. The van der Waals surface area contributed by atoms with Crippen LogP contribution in [0.2, 0.25) is 0 Å². The summed E-state index contributed by atoms with van der Waals surface area (Å²) in [6, 6.07) is 15.3. The van der Waals surface area contributed by atoms with Gasteiger partial charge in [0.25, 0.3) is 0 Å². The van der Waals surface area contributed by atoms with Gasteiger partial charge in [-0.3, -0.25) is 4.79 Å². The number of anilines is 1. The van der Waals surface area contributed by atoms with Crippen LogP contribution >= 0.6 is 0 Å². The third-order valence-electron chi connectivity index (χ3n) is 6.12. The van der Waals surface area contributed by atoms with Crippen LogP contribution in [0.15, 0.2) is 42.5 Å². The molecule has 2 aromatic carbocycles. The van der Waals surface area contributed by atoms with Crippen molar-refractivity contribution in [1.29, 1.82) is 5.26 Å². The van der Waals surface area contributed by atoms with Gasteiger partial charge in [-0.05, 0) is 50.1 Å². The number of nitrogens with zero attached hydrogens (tertiary/aromatic N) is 4. The van der Waals surface area contributed by atoms with Gasteiger partial charge in [0.1, 0.15) is 5.69 Å². The summed E-state index contributed by atoms with van der Waals surface area (Å²) in [5.74, 6) is 0.316. The zero-order chi connectivity index (χ0) is 25.7. The molecule has 9 heteroatoms. The van der Waals surface area contributed by atoms with Gasteiger partial charge < -0.3 is 24.4 Å². The summed E-state index contributed by atoms with van der Waals surface area (Å²) in [6.07, 6.45) is 0.551. The Bertz CT molecular complexity index is 1260.